The smallest absolute Gasteiger partial charge is 0.303 e. The minimum atomic E-state index is -0.889. The van der Waals surface area contributed by atoms with Crippen LogP contribution in [0, 0.1) is 0 Å². The fourth-order valence-electron chi connectivity index (χ4n) is 2.53. The number of ether oxygens (including phenoxy) is 2. The first-order valence-electron chi connectivity index (χ1n) is 8.58. The van der Waals surface area contributed by atoms with Gasteiger partial charge in [0, 0.05) is 36.1 Å². The van der Waals surface area contributed by atoms with Crippen LogP contribution in [-0.4, -0.2) is 45.8 Å². The lowest BCUT2D eigenvalue weighted by atomic mass is 10.0. The first-order chi connectivity index (χ1) is 12.7. The number of nitrogens with zero attached hydrogens (tertiary/aromatic N) is 1. The van der Waals surface area contributed by atoms with Crippen molar-refractivity contribution >= 4 is 30.2 Å². The van der Waals surface area contributed by atoms with Gasteiger partial charge < -0.3 is 19.7 Å². The molecule has 0 spiro atoms. The zero-order valence-corrected chi connectivity index (χ0v) is 16.2. The summed E-state index contributed by atoms with van der Waals surface area (Å²) >= 11 is 4.32. The van der Waals surface area contributed by atoms with Crippen molar-refractivity contribution in [2.45, 2.75) is 44.3 Å². The molecule has 0 aliphatic carbocycles. The Hall–Kier alpha value is -2.42. The zero-order chi connectivity index (χ0) is 20.0. The number of phenols is 1. The van der Waals surface area contributed by atoms with Gasteiger partial charge in [0.05, 0.1) is 24.5 Å². The monoisotopic (exact) mass is 396 g/mol. The normalized spacial score (nSPS) is 15.0. The molecule has 0 unspecified atom stereocenters. The summed E-state index contributed by atoms with van der Waals surface area (Å²) in [5.74, 6) is -0.466. The highest BCUT2D eigenvalue weighted by atomic mass is 32.1. The first kappa shape index (κ1) is 20.9. The summed E-state index contributed by atoms with van der Waals surface area (Å²) in [6.45, 7) is 4.22. The third-order valence-electron chi connectivity index (χ3n) is 3.65. The van der Waals surface area contributed by atoms with E-state index in [-0.39, 0.29) is 31.1 Å². The highest BCUT2D eigenvalue weighted by Crippen LogP contribution is 2.37. The first-order valence-corrected chi connectivity index (χ1v) is 9.03. The molecule has 1 aromatic carbocycles. The Bertz CT molecular complexity index is 742. The number of fused-ring (bicyclic) bond motifs is 1. The van der Waals surface area contributed by atoms with E-state index in [1.807, 2.05) is 13.8 Å². The fraction of sp³-hybridized carbons (Fsp3) is 0.500. The second kappa shape index (κ2) is 8.98. The third kappa shape index (κ3) is 6.67. The van der Waals surface area contributed by atoms with Gasteiger partial charge in [0.15, 0.2) is 0 Å². The van der Waals surface area contributed by atoms with Gasteiger partial charge in [0.25, 0.3) is 0 Å². The molecule has 0 fully saturated rings. The molecule has 27 heavy (non-hydrogen) atoms. The van der Waals surface area contributed by atoms with E-state index in [2.05, 4.69) is 23.2 Å². The number of hydrazone groups is 1. The van der Waals surface area contributed by atoms with Crippen LogP contribution in [-0.2, 0) is 9.59 Å². The summed E-state index contributed by atoms with van der Waals surface area (Å²) in [7, 11) is 0. The van der Waals surface area contributed by atoms with Crippen LogP contribution in [0.3, 0.4) is 0 Å². The van der Waals surface area contributed by atoms with E-state index in [0.717, 1.165) is 0 Å². The molecular formula is C18H24N2O6S. The maximum atomic E-state index is 11.9. The van der Waals surface area contributed by atoms with Crippen molar-refractivity contribution in [3.8, 4) is 17.2 Å². The van der Waals surface area contributed by atoms with Crippen molar-refractivity contribution in [3.05, 3.63) is 17.7 Å². The number of benzene rings is 1. The summed E-state index contributed by atoms with van der Waals surface area (Å²) in [5, 5.41) is 23.1. The van der Waals surface area contributed by atoms with Crippen molar-refractivity contribution in [2.75, 3.05) is 13.2 Å². The number of thiol groups is 1. The number of amides is 1. The van der Waals surface area contributed by atoms with Gasteiger partial charge in [-0.3, -0.25) is 9.59 Å². The highest BCUT2D eigenvalue weighted by molar-refractivity contribution is 7.81. The Labute approximate surface area is 163 Å². The number of carboxylic acids is 1. The molecule has 2 rings (SSSR count). The second-order valence-corrected chi connectivity index (χ2v) is 8.05. The van der Waals surface area contributed by atoms with Gasteiger partial charge in [0.1, 0.15) is 17.2 Å². The minimum absolute atomic E-state index is 0.00696. The number of hydrogen-bond donors (Lipinski definition) is 4. The molecule has 1 aliphatic heterocycles. The summed E-state index contributed by atoms with van der Waals surface area (Å²) in [6.07, 6.45) is 0.997. The lowest BCUT2D eigenvalue weighted by molar-refractivity contribution is -0.137. The Kier molecular flexibility index (Phi) is 6.95. The van der Waals surface area contributed by atoms with Gasteiger partial charge in [-0.15, -0.1) is 0 Å². The number of phenolic OH excluding ortho intramolecular Hbond substituents is 1. The number of carboxylic acid groups (broad SMARTS) is 1. The van der Waals surface area contributed by atoms with E-state index in [1.165, 1.54) is 6.07 Å². The number of aromatic hydroxyl groups is 1. The van der Waals surface area contributed by atoms with Crippen LogP contribution in [0.15, 0.2) is 17.2 Å². The largest absolute Gasteiger partial charge is 0.507 e. The van der Waals surface area contributed by atoms with Gasteiger partial charge in [-0.25, -0.2) is 5.43 Å². The zero-order valence-electron chi connectivity index (χ0n) is 15.3. The van der Waals surface area contributed by atoms with Gasteiger partial charge >= 0.3 is 5.97 Å². The Morgan fingerprint density at radius 1 is 1.41 bits per heavy atom. The van der Waals surface area contributed by atoms with E-state index in [4.69, 9.17) is 14.6 Å². The molecular weight excluding hydrogens is 372 g/mol. The van der Waals surface area contributed by atoms with Crippen LogP contribution in [0.5, 0.6) is 17.2 Å². The molecule has 0 atom stereocenters. The van der Waals surface area contributed by atoms with Crippen LogP contribution in [0.25, 0.3) is 0 Å². The molecule has 0 saturated heterocycles. The predicted molar refractivity (Wildman–Crippen MR) is 103 cm³/mol. The van der Waals surface area contributed by atoms with Crippen molar-refractivity contribution in [2.24, 2.45) is 5.10 Å². The van der Waals surface area contributed by atoms with E-state index in [0.29, 0.717) is 42.2 Å². The number of aliphatic carboxylic acids is 1. The van der Waals surface area contributed by atoms with Crippen molar-refractivity contribution in [1.82, 2.24) is 5.43 Å². The number of carbonyl (C=O) groups is 2. The molecule has 148 valence electrons. The summed E-state index contributed by atoms with van der Waals surface area (Å²) in [6, 6.07) is 3.03. The maximum Gasteiger partial charge on any atom is 0.303 e. The molecule has 0 bridgehead atoms. The molecule has 1 aliphatic rings. The fourth-order valence-corrected chi connectivity index (χ4v) is 2.68. The second-order valence-electron chi connectivity index (χ2n) is 6.84. The predicted octanol–water partition coefficient (Wildman–Crippen LogP) is 2.34. The highest BCUT2D eigenvalue weighted by Gasteiger charge is 2.23. The van der Waals surface area contributed by atoms with E-state index < -0.39 is 10.7 Å². The van der Waals surface area contributed by atoms with Crippen LogP contribution >= 0.6 is 12.6 Å². The van der Waals surface area contributed by atoms with Crippen molar-refractivity contribution in [1.29, 1.82) is 0 Å². The third-order valence-corrected chi connectivity index (χ3v) is 3.81. The average molecular weight is 396 g/mol. The molecule has 3 N–H and O–H groups in total. The summed E-state index contributed by atoms with van der Waals surface area (Å²) in [4.78, 5) is 22.4. The number of hydrogen-bond acceptors (Lipinski definition) is 7. The SMILES string of the molecule is CC(C)(S)CC(=O)N/N=C1\CCOc2cc(OCCCC(=O)O)cc(O)c21. The van der Waals surface area contributed by atoms with Gasteiger partial charge in [-0.05, 0) is 6.42 Å². The molecule has 0 saturated carbocycles. The molecule has 9 heteroatoms. The minimum Gasteiger partial charge on any atom is -0.507 e. The quantitative estimate of drug-likeness (QED) is 0.304. The van der Waals surface area contributed by atoms with Gasteiger partial charge in [0.2, 0.25) is 5.91 Å². The Balaban J connectivity index is 2.09. The molecule has 8 nitrogen and oxygen atoms in total. The lowest BCUT2D eigenvalue weighted by Crippen LogP contribution is -2.28. The van der Waals surface area contributed by atoms with E-state index >= 15 is 0 Å². The Morgan fingerprint density at radius 3 is 2.81 bits per heavy atom. The van der Waals surface area contributed by atoms with Gasteiger partial charge in [-0.1, -0.05) is 13.8 Å². The number of nitrogens with one attached hydrogen (secondary N) is 1. The van der Waals surface area contributed by atoms with Crippen LogP contribution < -0.4 is 14.9 Å². The topological polar surface area (TPSA) is 117 Å². The Morgan fingerprint density at radius 2 is 2.15 bits per heavy atom. The van der Waals surface area contributed by atoms with Crippen LogP contribution in [0.2, 0.25) is 0 Å². The van der Waals surface area contributed by atoms with E-state index in [1.54, 1.807) is 6.07 Å². The number of rotatable bonds is 8. The lowest BCUT2D eigenvalue weighted by Gasteiger charge is -2.21. The molecule has 1 heterocycles. The van der Waals surface area contributed by atoms with Gasteiger partial charge in [-0.2, -0.15) is 17.7 Å². The van der Waals surface area contributed by atoms with Crippen LogP contribution in [0.1, 0.15) is 45.1 Å². The van der Waals surface area contributed by atoms with Crippen molar-refractivity contribution in [3.63, 3.8) is 0 Å². The van der Waals surface area contributed by atoms with Crippen molar-refractivity contribution < 1.29 is 29.3 Å². The number of carbonyl (C=O) groups excluding carboxylic acids is 1. The molecule has 1 amide bonds. The van der Waals surface area contributed by atoms with Crippen LogP contribution in [0.4, 0.5) is 0 Å². The standard InChI is InChI=1S/C18H24N2O6S/c1-18(2,27)10-15(22)20-19-12-5-7-26-14-9-11(8-13(21)17(12)14)25-6-3-4-16(23)24/h8-9,21,27H,3-7,10H2,1-2H3,(H,20,22)(H,23,24)/b19-12+. The maximum absolute atomic E-state index is 11.9. The molecule has 0 aromatic heterocycles. The molecule has 0 radical (unpaired) electrons. The molecule has 1 aromatic rings. The average Bonchev–Trinajstić information content (AvgIpc) is 2.55. The summed E-state index contributed by atoms with van der Waals surface area (Å²) < 4.78 is 10.6. The van der Waals surface area contributed by atoms with E-state index in [9.17, 15) is 14.7 Å². The summed E-state index contributed by atoms with van der Waals surface area (Å²) in [5.41, 5.74) is 3.41.